The van der Waals surface area contributed by atoms with E-state index < -0.39 is 0 Å². The summed E-state index contributed by atoms with van der Waals surface area (Å²) in [5.41, 5.74) is 3.46. The molecule has 0 atom stereocenters. The molecule has 0 amide bonds. The first-order valence-corrected chi connectivity index (χ1v) is 6.55. The Morgan fingerprint density at radius 3 is 1.89 bits per heavy atom. The third kappa shape index (κ3) is 3.16. The zero-order valence-electron chi connectivity index (χ0n) is 12.6. The molecule has 1 N–H and O–H groups in total. The Bertz CT molecular complexity index is 442. The molecule has 1 heteroatoms. The molecule has 0 aliphatic rings. The van der Waals surface area contributed by atoms with Crippen molar-refractivity contribution in [2.75, 3.05) is 0 Å². The molecule has 0 spiro atoms. The third-order valence-electron chi connectivity index (χ3n) is 3.20. The van der Waals surface area contributed by atoms with Crippen molar-refractivity contribution < 1.29 is 5.11 Å². The molecule has 1 nitrogen and oxygen atoms in total. The minimum absolute atomic E-state index is 0.0340. The van der Waals surface area contributed by atoms with Gasteiger partial charge in [0.2, 0.25) is 0 Å². The van der Waals surface area contributed by atoms with Crippen LogP contribution in [0, 0.1) is 0 Å². The van der Waals surface area contributed by atoms with Crippen LogP contribution < -0.4 is 0 Å². The van der Waals surface area contributed by atoms with Crippen molar-refractivity contribution in [3.63, 3.8) is 0 Å². The minimum atomic E-state index is -0.0452. The molecule has 1 aromatic carbocycles. The van der Waals surface area contributed by atoms with Crippen LogP contribution in [0.2, 0.25) is 0 Å². The molecule has 1 aromatic rings. The van der Waals surface area contributed by atoms with Crippen molar-refractivity contribution in [2.24, 2.45) is 0 Å². The van der Waals surface area contributed by atoms with E-state index in [9.17, 15) is 5.11 Å². The van der Waals surface area contributed by atoms with Gasteiger partial charge >= 0.3 is 0 Å². The topological polar surface area (TPSA) is 20.2 Å². The van der Waals surface area contributed by atoms with Gasteiger partial charge in [-0.05, 0) is 40.0 Å². The van der Waals surface area contributed by atoms with Crippen LogP contribution in [0.4, 0.5) is 0 Å². The molecule has 0 fully saturated rings. The average molecular weight is 246 g/mol. The number of hydrogen-bond acceptors (Lipinski definition) is 1. The van der Waals surface area contributed by atoms with Crippen LogP contribution in [-0.4, -0.2) is 5.11 Å². The van der Waals surface area contributed by atoms with Crippen molar-refractivity contribution in [1.82, 2.24) is 0 Å². The second-order valence-electron chi connectivity index (χ2n) is 7.02. The lowest BCUT2D eigenvalue weighted by molar-refractivity contribution is 0.442. The van der Waals surface area contributed by atoms with Crippen LogP contribution in [0.3, 0.4) is 0 Å². The summed E-state index contributed by atoms with van der Waals surface area (Å²) in [5, 5.41) is 10.3. The van der Waals surface area contributed by atoms with E-state index in [2.05, 4.69) is 54.2 Å². The van der Waals surface area contributed by atoms with Gasteiger partial charge in [-0.15, -0.1) is 6.58 Å². The Morgan fingerprint density at radius 1 is 1.00 bits per heavy atom. The van der Waals surface area contributed by atoms with Crippen LogP contribution in [0.15, 0.2) is 24.8 Å². The van der Waals surface area contributed by atoms with Gasteiger partial charge in [0.15, 0.2) is 0 Å². The van der Waals surface area contributed by atoms with E-state index in [0.29, 0.717) is 5.75 Å². The summed E-state index contributed by atoms with van der Waals surface area (Å²) in [4.78, 5) is 0. The third-order valence-corrected chi connectivity index (χ3v) is 3.20. The molecule has 0 bridgehead atoms. The largest absolute Gasteiger partial charge is 0.508 e. The number of benzene rings is 1. The van der Waals surface area contributed by atoms with E-state index in [1.165, 1.54) is 11.1 Å². The van der Waals surface area contributed by atoms with Crippen molar-refractivity contribution in [1.29, 1.82) is 0 Å². The Labute approximate surface area is 112 Å². The molecule has 18 heavy (non-hydrogen) atoms. The molecular formula is C17H26O. The summed E-state index contributed by atoms with van der Waals surface area (Å²) in [6.45, 7) is 16.7. The first kappa shape index (κ1) is 14.8. The smallest absolute Gasteiger partial charge is 0.119 e. The van der Waals surface area contributed by atoms with Crippen LogP contribution >= 0.6 is 0 Å². The van der Waals surface area contributed by atoms with Crippen molar-refractivity contribution >= 4 is 0 Å². The number of aromatic hydroxyl groups is 1. The summed E-state index contributed by atoms with van der Waals surface area (Å²) in [6, 6.07) is 4.07. The molecule has 0 aromatic heterocycles. The minimum Gasteiger partial charge on any atom is -0.508 e. The highest BCUT2D eigenvalue weighted by molar-refractivity contribution is 5.48. The number of phenols is 1. The van der Waals surface area contributed by atoms with Crippen molar-refractivity contribution in [2.45, 2.75) is 58.8 Å². The highest BCUT2D eigenvalue weighted by Gasteiger charge is 2.24. The summed E-state index contributed by atoms with van der Waals surface area (Å²) in [6.07, 6.45) is 2.77. The maximum absolute atomic E-state index is 10.3. The molecule has 0 aliphatic heterocycles. The number of phenolic OH excluding ortho intramolecular Hbond substituents is 1. The zero-order valence-corrected chi connectivity index (χ0v) is 12.6. The van der Waals surface area contributed by atoms with Crippen LogP contribution in [0.1, 0.15) is 58.2 Å². The molecule has 0 saturated carbocycles. The highest BCUT2D eigenvalue weighted by Crippen LogP contribution is 2.37. The van der Waals surface area contributed by atoms with Crippen LogP contribution in [0.25, 0.3) is 0 Å². The van der Waals surface area contributed by atoms with E-state index >= 15 is 0 Å². The zero-order chi connectivity index (χ0) is 14.1. The fourth-order valence-corrected chi connectivity index (χ4v) is 2.26. The van der Waals surface area contributed by atoms with E-state index in [4.69, 9.17) is 0 Å². The van der Waals surface area contributed by atoms with E-state index in [-0.39, 0.29) is 10.8 Å². The Balaban J connectivity index is 3.49. The predicted molar refractivity (Wildman–Crippen MR) is 79.4 cm³/mol. The maximum atomic E-state index is 10.3. The van der Waals surface area contributed by atoms with Crippen molar-refractivity contribution in [3.8, 4) is 5.75 Å². The van der Waals surface area contributed by atoms with Gasteiger partial charge < -0.3 is 5.11 Å². The molecule has 0 radical (unpaired) electrons. The van der Waals surface area contributed by atoms with Gasteiger partial charge in [0.1, 0.15) is 5.75 Å². The number of allylic oxidation sites excluding steroid dienone is 1. The number of rotatable bonds is 2. The van der Waals surface area contributed by atoms with Crippen molar-refractivity contribution in [3.05, 3.63) is 41.5 Å². The average Bonchev–Trinajstić information content (AvgIpc) is 2.17. The Hall–Kier alpha value is -1.24. The summed E-state index contributed by atoms with van der Waals surface area (Å²) < 4.78 is 0. The van der Waals surface area contributed by atoms with E-state index in [0.717, 1.165) is 12.0 Å². The number of hydrogen-bond donors (Lipinski definition) is 1. The summed E-state index contributed by atoms with van der Waals surface area (Å²) >= 11 is 0. The van der Waals surface area contributed by atoms with Gasteiger partial charge in [-0.1, -0.05) is 53.7 Å². The molecule has 0 saturated heterocycles. The molecule has 0 unspecified atom stereocenters. The molecular weight excluding hydrogens is 220 g/mol. The van der Waals surface area contributed by atoms with Gasteiger partial charge in [0.05, 0.1) is 0 Å². The second kappa shape index (κ2) is 4.79. The summed E-state index contributed by atoms with van der Waals surface area (Å²) in [7, 11) is 0. The Kier molecular flexibility index (Phi) is 3.95. The van der Waals surface area contributed by atoms with Gasteiger partial charge in [0.25, 0.3) is 0 Å². The van der Waals surface area contributed by atoms with Gasteiger partial charge in [-0.3, -0.25) is 0 Å². The lowest BCUT2D eigenvalue weighted by atomic mass is 9.78. The maximum Gasteiger partial charge on any atom is 0.119 e. The van der Waals surface area contributed by atoms with Crippen LogP contribution in [0.5, 0.6) is 5.75 Å². The van der Waals surface area contributed by atoms with Gasteiger partial charge in [0, 0.05) is 0 Å². The molecule has 0 heterocycles. The monoisotopic (exact) mass is 246 g/mol. The van der Waals surface area contributed by atoms with Gasteiger partial charge in [-0.25, -0.2) is 0 Å². The highest BCUT2D eigenvalue weighted by atomic mass is 16.3. The lowest BCUT2D eigenvalue weighted by Gasteiger charge is -2.27. The van der Waals surface area contributed by atoms with E-state index in [1.54, 1.807) is 0 Å². The Morgan fingerprint density at radius 2 is 1.50 bits per heavy atom. The van der Waals surface area contributed by atoms with Crippen LogP contribution in [-0.2, 0) is 17.3 Å². The SMILES string of the molecule is C=CCc1cc(C(C)(C)C)c(O)cc1C(C)(C)C. The first-order chi connectivity index (χ1) is 8.07. The van der Waals surface area contributed by atoms with E-state index in [1.807, 2.05) is 12.1 Å². The molecule has 1 rings (SSSR count). The second-order valence-corrected chi connectivity index (χ2v) is 7.02. The van der Waals surface area contributed by atoms with Gasteiger partial charge in [-0.2, -0.15) is 0 Å². The standard InChI is InChI=1S/C17H26O/c1-8-9-12-10-14(17(5,6)7)15(18)11-13(12)16(2,3)4/h8,10-11,18H,1,9H2,2-7H3. The fourth-order valence-electron chi connectivity index (χ4n) is 2.26. The quantitative estimate of drug-likeness (QED) is 0.749. The predicted octanol–water partition coefficient (Wildman–Crippen LogP) is 4.72. The molecule has 0 aliphatic carbocycles. The normalized spacial score (nSPS) is 12.6. The fraction of sp³-hybridized carbons (Fsp3) is 0.529. The lowest BCUT2D eigenvalue weighted by Crippen LogP contribution is -2.17. The first-order valence-electron chi connectivity index (χ1n) is 6.55. The summed E-state index contributed by atoms with van der Waals surface area (Å²) in [5.74, 6) is 0.403. The molecule has 100 valence electrons.